The topological polar surface area (TPSA) is 34.9 Å². The van der Waals surface area contributed by atoms with E-state index in [1.165, 1.54) is 6.92 Å². The van der Waals surface area contributed by atoms with Crippen molar-refractivity contribution in [3.63, 3.8) is 0 Å². The van der Waals surface area contributed by atoms with Gasteiger partial charge in [0.05, 0.1) is 10.7 Å². The molecule has 0 bridgehead atoms. The van der Waals surface area contributed by atoms with Crippen LogP contribution in [0.5, 0.6) is 0 Å². The van der Waals surface area contributed by atoms with Crippen LogP contribution in [0.1, 0.15) is 17.3 Å². The minimum Gasteiger partial charge on any atom is -0.295 e. The number of benzene rings is 1. The lowest BCUT2D eigenvalue weighted by Crippen LogP contribution is -1.98. The van der Waals surface area contributed by atoms with Gasteiger partial charge in [-0.2, -0.15) is 5.10 Å². The lowest BCUT2D eigenvalue weighted by molar-refractivity contribution is 0.101. The zero-order chi connectivity index (χ0) is 10.8. The molecule has 0 spiro atoms. The second-order valence-electron chi connectivity index (χ2n) is 3.17. The first-order valence-corrected chi connectivity index (χ1v) is 4.87. The Labute approximate surface area is 92.3 Å². The Morgan fingerprint density at radius 3 is 2.80 bits per heavy atom. The van der Waals surface area contributed by atoms with E-state index >= 15 is 0 Å². The van der Waals surface area contributed by atoms with Crippen molar-refractivity contribution in [2.45, 2.75) is 6.92 Å². The van der Waals surface area contributed by atoms with Crippen molar-refractivity contribution in [2.24, 2.45) is 0 Å². The van der Waals surface area contributed by atoms with Crippen LogP contribution >= 0.6 is 11.6 Å². The third-order valence-corrected chi connectivity index (χ3v) is 2.41. The van der Waals surface area contributed by atoms with Gasteiger partial charge in [-0.1, -0.05) is 11.6 Å². The third kappa shape index (κ3) is 1.92. The van der Waals surface area contributed by atoms with Crippen LogP contribution in [0.2, 0.25) is 5.02 Å². The fourth-order valence-electron chi connectivity index (χ4n) is 1.32. The number of hydrogen-bond acceptors (Lipinski definition) is 2. The summed E-state index contributed by atoms with van der Waals surface area (Å²) < 4.78 is 1.66. The highest BCUT2D eigenvalue weighted by Crippen LogP contribution is 2.21. The lowest BCUT2D eigenvalue weighted by atomic mass is 10.1. The number of carbonyl (C=O) groups excluding carboxylic acids is 1. The Morgan fingerprint density at radius 2 is 2.27 bits per heavy atom. The van der Waals surface area contributed by atoms with Crippen LogP contribution in [0.4, 0.5) is 0 Å². The average molecular weight is 221 g/mol. The highest BCUT2D eigenvalue weighted by Gasteiger charge is 2.06. The lowest BCUT2D eigenvalue weighted by Gasteiger charge is -2.05. The molecule has 0 N–H and O–H groups in total. The maximum atomic E-state index is 11.1. The minimum atomic E-state index is 0.00363. The van der Waals surface area contributed by atoms with Gasteiger partial charge >= 0.3 is 0 Å². The van der Waals surface area contributed by atoms with E-state index in [0.29, 0.717) is 10.6 Å². The number of halogens is 1. The maximum Gasteiger partial charge on any atom is 0.159 e. The van der Waals surface area contributed by atoms with E-state index in [4.69, 9.17) is 11.6 Å². The first kappa shape index (κ1) is 9.93. The number of rotatable bonds is 2. The van der Waals surface area contributed by atoms with Crippen LogP contribution in [-0.2, 0) is 0 Å². The van der Waals surface area contributed by atoms with Gasteiger partial charge in [0.15, 0.2) is 5.78 Å². The van der Waals surface area contributed by atoms with Gasteiger partial charge < -0.3 is 0 Å². The molecule has 0 amide bonds. The molecule has 2 rings (SSSR count). The zero-order valence-corrected chi connectivity index (χ0v) is 8.90. The molecule has 0 unspecified atom stereocenters. The molecule has 0 saturated carbocycles. The van der Waals surface area contributed by atoms with E-state index in [1.807, 2.05) is 6.07 Å². The van der Waals surface area contributed by atoms with E-state index in [-0.39, 0.29) is 5.78 Å². The summed E-state index contributed by atoms with van der Waals surface area (Å²) in [5, 5.41) is 4.59. The summed E-state index contributed by atoms with van der Waals surface area (Å²) in [6, 6.07) is 6.99. The molecule has 15 heavy (non-hydrogen) atoms. The number of hydrogen-bond donors (Lipinski definition) is 0. The van der Waals surface area contributed by atoms with Gasteiger partial charge in [0.25, 0.3) is 0 Å². The number of carbonyl (C=O) groups is 1. The summed E-state index contributed by atoms with van der Waals surface area (Å²) >= 11 is 6.05. The van der Waals surface area contributed by atoms with Gasteiger partial charge in [0.1, 0.15) is 0 Å². The SMILES string of the molecule is CC(=O)c1ccc(-n2cccn2)c(Cl)c1. The molecule has 0 radical (unpaired) electrons. The van der Waals surface area contributed by atoms with E-state index in [0.717, 1.165) is 5.69 Å². The molecule has 0 fully saturated rings. The molecule has 0 atom stereocenters. The number of Topliss-reactive ketones (excluding diaryl/α,β-unsaturated/α-hetero) is 1. The van der Waals surface area contributed by atoms with E-state index in [1.54, 1.807) is 35.3 Å². The summed E-state index contributed by atoms with van der Waals surface area (Å²) in [7, 11) is 0. The molecule has 4 heteroatoms. The first-order valence-electron chi connectivity index (χ1n) is 4.49. The molecule has 0 aliphatic heterocycles. The highest BCUT2D eigenvalue weighted by atomic mass is 35.5. The van der Waals surface area contributed by atoms with E-state index in [2.05, 4.69) is 5.10 Å². The normalized spacial score (nSPS) is 10.3. The average Bonchev–Trinajstić information content (AvgIpc) is 2.70. The summed E-state index contributed by atoms with van der Waals surface area (Å²) in [6.45, 7) is 1.51. The van der Waals surface area contributed by atoms with Crippen molar-refractivity contribution in [2.75, 3.05) is 0 Å². The Hall–Kier alpha value is -1.61. The molecular weight excluding hydrogens is 212 g/mol. The summed E-state index contributed by atoms with van der Waals surface area (Å²) in [4.78, 5) is 11.1. The van der Waals surface area contributed by atoms with Crippen molar-refractivity contribution in [3.8, 4) is 5.69 Å². The van der Waals surface area contributed by atoms with E-state index in [9.17, 15) is 4.79 Å². The Balaban J connectivity index is 2.48. The van der Waals surface area contributed by atoms with Crippen LogP contribution in [0, 0.1) is 0 Å². The Kier molecular flexibility index (Phi) is 2.56. The van der Waals surface area contributed by atoms with Crippen molar-refractivity contribution in [3.05, 3.63) is 47.2 Å². The molecule has 0 aliphatic carbocycles. The van der Waals surface area contributed by atoms with Crippen LogP contribution in [0.3, 0.4) is 0 Å². The predicted molar refractivity (Wildman–Crippen MR) is 58.6 cm³/mol. The molecule has 1 aromatic carbocycles. The van der Waals surface area contributed by atoms with E-state index < -0.39 is 0 Å². The molecule has 1 heterocycles. The molecular formula is C11H9ClN2O. The Bertz CT molecular complexity index is 491. The van der Waals surface area contributed by atoms with Crippen LogP contribution in [0.25, 0.3) is 5.69 Å². The maximum absolute atomic E-state index is 11.1. The first-order chi connectivity index (χ1) is 7.18. The Morgan fingerprint density at radius 1 is 1.47 bits per heavy atom. The quantitative estimate of drug-likeness (QED) is 0.730. The van der Waals surface area contributed by atoms with Gasteiger partial charge in [-0.15, -0.1) is 0 Å². The van der Waals surface area contributed by atoms with Crippen LogP contribution in [0.15, 0.2) is 36.7 Å². The molecule has 1 aromatic heterocycles. The van der Waals surface area contributed by atoms with Crippen LogP contribution in [-0.4, -0.2) is 15.6 Å². The van der Waals surface area contributed by atoms with Gasteiger partial charge in [0.2, 0.25) is 0 Å². The monoisotopic (exact) mass is 220 g/mol. The summed E-state index contributed by atoms with van der Waals surface area (Å²) in [5.74, 6) is 0.00363. The van der Waals surface area contributed by atoms with Gasteiger partial charge in [0, 0.05) is 18.0 Å². The fraction of sp³-hybridized carbons (Fsp3) is 0.0909. The molecule has 2 aromatic rings. The highest BCUT2D eigenvalue weighted by molar-refractivity contribution is 6.32. The van der Waals surface area contributed by atoms with Gasteiger partial charge in [-0.3, -0.25) is 4.79 Å². The zero-order valence-electron chi connectivity index (χ0n) is 8.14. The van der Waals surface area contributed by atoms with Crippen molar-refractivity contribution < 1.29 is 4.79 Å². The summed E-state index contributed by atoms with van der Waals surface area (Å²) in [6.07, 6.45) is 3.48. The fourth-order valence-corrected chi connectivity index (χ4v) is 1.59. The number of aromatic nitrogens is 2. The molecule has 0 aliphatic rings. The van der Waals surface area contributed by atoms with Crippen molar-refractivity contribution in [1.29, 1.82) is 0 Å². The van der Waals surface area contributed by atoms with Crippen molar-refractivity contribution in [1.82, 2.24) is 9.78 Å². The molecule has 3 nitrogen and oxygen atoms in total. The van der Waals surface area contributed by atoms with Gasteiger partial charge in [-0.05, 0) is 31.2 Å². The second-order valence-corrected chi connectivity index (χ2v) is 3.58. The largest absolute Gasteiger partial charge is 0.295 e. The van der Waals surface area contributed by atoms with Crippen molar-refractivity contribution >= 4 is 17.4 Å². The number of nitrogens with zero attached hydrogens (tertiary/aromatic N) is 2. The third-order valence-electron chi connectivity index (χ3n) is 2.11. The predicted octanol–water partition coefficient (Wildman–Crippen LogP) is 2.73. The molecule has 76 valence electrons. The number of ketones is 1. The molecule has 0 saturated heterocycles. The minimum absolute atomic E-state index is 0.00363. The summed E-state index contributed by atoms with van der Waals surface area (Å²) in [5.41, 5.74) is 1.38. The van der Waals surface area contributed by atoms with Gasteiger partial charge in [-0.25, -0.2) is 4.68 Å². The van der Waals surface area contributed by atoms with Crippen LogP contribution < -0.4 is 0 Å². The standard InChI is InChI=1S/C11H9ClN2O/c1-8(15)9-3-4-11(10(12)7-9)14-6-2-5-13-14/h2-7H,1H3. The smallest absolute Gasteiger partial charge is 0.159 e. The second kappa shape index (κ2) is 3.87.